The van der Waals surface area contributed by atoms with Crippen molar-refractivity contribution >= 4 is 17.6 Å². The molecule has 4 heterocycles. The molecule has 5 rings (SSSR count). The summed E-state index contributed by atoms with van der Waals surface area (Å²) in [5.74, 6) is 0.246. The van der Waals surface area contributed by atoms with Crippen LogP contribution in [0.1, 0.15) is 11.3 Å². The number of rotatable bonds is 5. The molecule has 1 aromatic heterocycles. The predicted molar refractivity (Wildman–Crippen MR) is 102 cm³/mol. The zero-order valence-corrected chi connectivity index (χ0v) is 16.1. The Hall–Kier alpha value is -3.13. The number of nitrogens with one attached hydrogen (secondary N) is 1. The smallest absolute Gasteiger partial charge is 0.235 e. The molecule has 2 unspecified atom stereocenters. The average molecular weight is 395 g/mol. The minimum absolute atomic E-state index is 0.164. The van der Waals surface area contributed by atoms with Gasteiger partial charge in [0.25, 0.3) is 0 Å². The number of benzene rings is 1. The summed E-state index contributed by atoms with van der Waals surface area (Å²) in [6.07, 6.45) is 3.40. The van der Waals surface area contributed by atoms with Crippen molar-refractivity contribution in [1.29, 1.82) is 0 Å². The van der Waals surface area contributed by atoms with Gasteiger partial charge in [-0.3, -0.25) is 14.5 Å². The highest BCUT2D eigenvalue weighted by molar-refractivity contribution is 6.02. The molecule has 8 heteroatoms. The van der Waals surface area contributed by atoms with Gasteiger partial charge in [0.15, 0.2) is 5.82 Å². The Labute approximate surface area is 167 Å². The maximum Gasteiger partial charge on any atom is 0.235 e. The van der Waals surface area contributed by atoms with Gasteiger partial charge >= 0.3 is 0 Å². The fourth-order valence-electron chi connectivity index (χ4n) is 4.62. The molecule has 0 aliphatic carbocycles. The number of fused-ring (bicyclic) bond motifs is 1. The zero-order chi connectivity index (χ0) is 20.2. The van der Waals surface area contributed by atoms with Crippen LogP contribution in [0, 0.1) is 18.8 Å². The number of methoxy groups -OCH3 is 1. The number of ether oxygens (including phenoxy) is 2. The van der Waals surface area contributed by atoms with Gasteiger partial charge < -0.3 is 19.3 Å². The normalized spacial score (nSPS) is 29.4. The molecule has 2 amide bonds. The predicted octanol–water partition coefficient (Wildman–Crippen LogP) is 1.59. The molecule has 3 aliphatic heterocycles. The van der Waals surface area contributed by atoms with Crippen LogP contribution >= 0.6 is 0 Å². The van der Waals surface area contributed by atoms with E-state index < -0.39 is 23.5 Å². The number of hydrogen-bond acceptors (Lipinski definition) is 6. The molecule has 150 valence electrons. The lowest BCUT2D eigenvalue weighted by molar-refractivity contribution is -0.132. The summed E-state index contributed by atoms with van der Waals surface area (Å²) < 4.78 is 16.6. The van der Waals surface area contributed by atoms with E-state index in [-0.39, 0.29) is 11.8 Å². The molecular formula is C21H21N3O5. The van der Waals surface area contributed by atoms with Gasteiger partial charge in [0.05, 0.1) is 31.6 Å². The maximum absolute atomic E-state index is 13.2. The first-order valence-corrected chi connectivity index (χ1v) is 9.54. The third-order valence-electron chi connectivity index (χ3n) is 5.94. The van der Waals surface area contributed by atoms with Gasteiger partial charge in [-0.15, -0.1) is 0 Å². The molecule has 2 saturated heterocycles. The third kappa shape index (κ3) is 2.66. The summed E-state index contributed by atoms with van der Waals surface area (Å²) in [5.41, 5.74) is 0.0799. The van der Waals surface area contributed by atoms with E-state index in [9.17, 15) is 9.59 Å². The van der Waals surface area contributed by atoms with Gasteiger partial charge in [0.2, 0.25) is 11.8 Å². The van der Waals surface area contributed by atoms with Gasteiger partial charge in [-0.2, -0.15) is 0 Å². The Morgan fingerprint density at radius 2 is 2.24 bits per heavy atom. The molecule has 2 fully saturated rings. The lowest BCUT2D eigenvalue weighted by Crippen LogP contribution is -2.44. The van der Waals surface area contributed by atoms with E-state index in [4.69, 9.17) is 14.0 Å². The number of para-hydroxylation sites is 1. The zero-order valence-electron chi connectivity index (χ0n) is 16.1. The van der Waals surface area contributed by atoms with Gasteiger partial charge in [-0.05, 0) is 13.0 Å². The summed E-state index contributed by atoms with van der Waals surface area (Å²) in [4.78, 5) is 27.8. The highest BCUT2D eigenvalue weighted by atomic mass is 16.5. The molecular weight excluding hydrogens is 374 g/mol. The lowest BCUT2D eigenvalue weighted by Gasteiger charge is -2.23. The SMILES string of the molecule is COc1ccccc1CNC(=O)C1C2C(=O)N(c3cc(C)on3)C[C@@]23C=C[C@@H]1O3. The van der Waals surface area contributed by atoms with Crippen LogP contribution in [-0.4, -0.2) is 42.3 Å². The van der Waals surface area contributed by atoms with Gasteiger partial charge in [-0.1, -0.05) is 35.5 Å². The number of aryl methyl sites for hydroxylation is 1. The quantitative estimate of drug-likeness (QED) is 0.773. The number of carbonyl (C=O) groups excluding carboxylic acids is 2. The summed E-state index contributed by atoms with van der Waals surface area (Å²) in [6.45, 7) is 2.41. The second kappa shape index (κ2) is 6.45. The van der Waals surface area contributed by atoms with Gasteiger partial charge in [-0.25, -0.2) is 0 Å². The lowest BCUT2D eigenvalue weighted by atomic mass is 9.77. The topological polar surface area (TPSA) is 93.9 Å². The first kappa shape index (κ1) is 17.9. The van der Waals surface area contributed by atoms with Crippen molar-refractivity contribution in [1.82, 2.24) is 10.5 Å². The Kier molecular flexibility index (Phi) is 3.99. The summed E-state index contributed by atoms with van der Waals surface area (Å²) >= 11 is 0. The van der Waals surface area contributed by atoms with E-state index >= 15 is 0 Å². The summed E-state index contributed by atoms with van der Waals surface area (Å²) in [6, 6.07) is 9.22. The molecule has 1 aromatic carbocycles. The van der Waals surface area contributed by atoms with Crippen LogP contribution in [0.25, 0.3) is 0 Å². The van der Waals surface area contributed by atoms with E-state index in [1.54, 1.807) is 25.0 Å². The van der Waals surface area contributed by atoms with Crippen LogP contribution in [0.2, 0.25) is 0 Å². The fraction of sp³-hybridized carbons (Fsp3) is 0.381. The molecule has 2 bridgehead atoms. The van der Waals surface area contributed by atoms with E-state index in [0.717, 1.165) is 5.56 Å². The molecule has 1 N–H and O–H groups in total. The van der Waals surface area contributed by atoms with E-state index in [2.05, 4.69) is 10.5 Å². The van der Waals surface area contributed by atoms with E-state index in [1.165, 1.54) is 0 Å². The minimum atomic E-state index is -0.791. The number of hydrogen-bond donors (Lipinski definition) is 1. The van der Waals surface area contributed by atoms with Crippen molar-refractivity contribution in [3.63, 3.8) is 0 Å². The van der Waals surface area contributed by atoms with E-state index in [1.807, 2.05) is 36.4 Å². The van der Waals surface area contributed by atoms with E-state index in [0.29, 0.717) is 30.4 Å². The number of aromatic nitrogens is 1. The number of amides is 2. The Balaban J connectivity index is 1.37. The maximum atomic E-state index is 13.2. The number of anilines is 1. The van der Waals surface area contributed by atoms with Crippen molar-refractivity contribution < 1.29 is 23.6 Å². The van der Waals surface area contributed by atoms with Gasteiger partial charge in [0.1, 0.15) is 17.1 Å². The standard InChI is InChI=1S/C21H21N3O5/c1-12-9-16(23-29-12)24-11-21-8-7-15(28-21)17(18(21)20(24)26)19(25)22-10-13-5-3-4-6-14(13)27-2/h3-9,15,17-18H,10-11H2,1-2H3,(H,22,25)/t15-,17?,18?,21-/m0/s1. The van der Waals surface area contributed by atoms with Crippen molar-refractivity contribution in [2.75, 3.05) is 18.6 Å². The minimum Gasteiger partial charge on any atom is -0.496 e. The van der Waals surface area contributed by atoms with Crippen LogP contribution in [0.15, 0.2) is 47.0 Å². The van der Waals surface area contributed by atoms with Crippen LogP contribution in [0.4, 0.5) is 5.82 Å². The largest absolute Gasteiger partial charge is 0.496 e. The molecule has 2 aromatic rings. The van der Waals surface area contributed by atoms with Crippen molar-refractivity contribution in [2.24, 2.45) is 11.8 Å². The summed E-state index contributed by atoms with van der Waals surface area (Å²) in [7, 11) is 1.59. The highest BCUT2D eigenvalue weighted by Crippen LogP contribution is 2.52. The Bertz CT molecular complexity index is 1020. The second-order valence-corrected chi connectivity index (χ2v) is 7.65. The van der Waals surface area contributed by atoms with Crippen molar-refractivity contribution in [3.8, 4) is 5.75 Å². The Morgan fingerprint density at radius 1 is 1.41 bits per heavy atom. The van der Waals surface area contributed by atoms with Crippen molar-refractivity contribution in [2.45, 2.75) is 25.2 Å². The Morgan fingerprint density at radius 3 is 3.00 bits per heavy atom. The van der Waals surface area contributed by atoms with Gasteiger partial charge in [0, 0.05) is 18.2 Å². The number of nitrogens with zero attached hydrogens (tertiary/aromatic N) is 2. The highest BCUT2D eigenvalue weighted by Gasteiger charge is 2.67. The molecule has 0 saturated carbocycles. The fourth-order valence-corrected chi connectivity index (χ4v) is 4.62. The first-order chi connectivity index (χ1) is 14.0. The molecule has 1 spiro atoms. The molecule has 3 aliphatic rings. The van der Waals surface area contributed by atoms with Crippen LogP contribution in [0.3, 0.4) is 0 Å². The monoisotopic (exact) mass is 395 g/mol. The number of carbonyl (C=O) groups is 2. The van der Waals surface area contributed by atoms with Crippen LogP contribution < -0.4 is 15.0 Å². The average Bonchev–Trinajstić information content (AvgIpc) is 3.47. The molecule has 4 atom stereocenters. The molecule has 8 nitrogen and oxygen atoms in total. The van der Waals surface area contributed by atoms with Crippen LogP contribution in [0.5, 0.6) is 5.75 Å². The third-order valence-corrected chi connectivity index (χ3v) is 5.94. The molecule has 29 heavy (non-hydrogen) atoms. The van der Waals surface area contributed by atoms with Crippen LogP contribution in [-0.2, 0) is 20.9 Å². The molecule has 0 radical (unpaired) electrons. The summed E-state index contributed by atoms with van der Waals surface area (Å²) in [5, 5.41) is 6.91. The van der Waals surface area contributed by atoms with Crippen molar-refractivity contribution in [3.05, 3.63) is 53.8 Å². The second-order valence-electron chi connectivity index (χ2n) is 7.65. The first-order valence-electron chi connectivity index (χ1n) is 9.54.